The predicted octanol–water partition coefficient (Wildman–Crippen LogP) is 10.8. The molecule has 4 unspecified atom stereocenters. The topological polar surface area (TPSA) is 110 Å². The summed E-state index contributed by atoms with van der Waals surface area (Å²) in [5.74, 6) is -0.599. The highest BCUT2D eigenvalue weighted by molar-refractivity contribution is 5.80. The minimum absolute atomic E-state index is 0.362. The van der Waals surface area contributed by atoms with Crippen LogP contribution in [0, 0.1) is 0 Å². The molecule has 0 aliphatic rings. The molecule has 0 saturated carbocycles. The lowest BCUT2D eigenvalue weighted by Gasteiger charge is -2.27. The van der Waals surface area contributed by atoms with Crippen LogP contribution in [0.15, 0.2) is 24.3 Å². The molecule has 290 valence electrons. The van der Waals surface area contributed by atoms with Crippen LogP contribution >= 0.6 is 0 Å². The van der Waals surface area contributed by atoms with Crippen molar-refractivity contribution < 1.29 is 25.2 Å². The molecule has 0 aliphatic heterocycles. The molecule has 6 nitrogen and oxygen atoms in total. The number of amides is 1. The van der Waals surface area contributed by atoms with E-state index in [2.05, 4.69) is 43.5 Å². The van der Waals surface area contributed by atoms with Gasteiger partial charge in [0, 0.05) is 0 Å². The summed E-state index contributed by atoms with van der Waals surface area (Å²) in [6, 6.07) is -1.00. The molecule has 0 saturated heterocycles. The number of hydrogen-bond acceptors (Lipinski definition) is 5. The highest BCUT2D eigenvalue weighted by atomic mass is 16.3. The van der Waals surface area contributed by atoms with Gasteiger partial charge >= 0.3 is 0 Å². The first-order valence-electron chi connectivity index (χ1n) is 21.2. The molecule has 0 aromatic carbocycles. The quantitative estimate of drug-likeness (QED) is 0.0327. The second-order valence-corrected chi connectivity index (χ2v) is 14.7. The third-order valence-electron chi connectivity index (χ3n) is 9.89. The molecule has 0 spiro atoms. The normalized spacial score (nSPS) is 14.5. The van der Waals surface area contributed by atoms with Gasteiger partial charge < -0.3 is 25.7 Å². The van der Waals surface area contributed by atoms with Gasteiger partial charge in [-0.3, -0.25) is 4.79 Å². The molecule has 5 N–H and O–H groups in total. The third kappa shape index (κ3) is 32.4. The summed E-state index contributed by atoms with van der Waals surface area (Å²) in [7, 11) is 0. The third-order valence-corrected chi connectivity index (χ3v) is 9.89. The molecule has 0 aromatic rings. The second-order valence-electron chi connectivity index (χ2n) is 14.7. The summed E-state index contributed by atoms with van der Waals surface area (Å²) in [6.45, 7) is 4.01. The minimum atomic E-state index is -1.28. The van der Waals surface area contributed by atoms with Gasteiger partial charge in [0.1, 0.15) is 12.2 Å². The monoisotopic (exact) mass is 694 g/mol. The van der Waals surface area contributed by atoms with E-state index in [9.17, 15) is 25.2 Å². The molecule has 0 radical (unpaired) electrons. The van der Waals surface area contributed by atoms with Crippen LogP contribution in [0.3, 0.4) is 0 Å². The molecule has 6 heteroatoms. The highest BCUT2D eigenvalue weighted by Gasteiger charge is 2.28. The maximum Gasteiger partial charge on any atom is 0.249 e. The first-order chi connectivity index (χ1) is 24.0. The van der Waals surface area contributed by atoms with E-state index in [0.29, 0.717) is 19.3 Å². The Balaban J connectivity index is 3.77. The van der Waals surface area contributed by atoms with Gasteiger partial charge in [0.15, 0.2) is 0 Å². The Morgan fingerprint density at radius 2 is 0.857 bits per heavy atom. The van der Waals surface area contributed by atoms with Gasteiger partial charge in [-0.25, -0.2) is 0 Å². The van der Waals surface area contributed by atoms with Crippen LogP contribution < -0.4 is 5.32 Å². The van der Waals surface area contributed by atoms with E-state index in [1.54, 1.807) is 0 Å². The van der Waals surface area contributed by atoms with Gasteiger partial charge in [0.25, 0.3) is 0 Å². The number of nitrogens with one attached hydrogen (secondary N) is 1. The summed E-state index contributed by atoms with van der Waals surface area (Å²) in [6.07, 6.45) is 42.2. The number of aliphatic hydroxyl groups excluding tert-OH is 4. The van der Waals surface area contributed by atoms with Crippen molar-refractivity contribution in [2.45, 2.75) is 237 Å². The lowest BCUT2D eigenvalue weighted by molar-refractivity contribution is -0.132. The number of hydrogen-bond donors (Lipinski definition) is 5. The number of unbranched alkanes of at least 4 members (excludes halogenated alkanes) is 25. The molecule has 0 fully saturated rings. The van der Waals surface area contributed by atoms with E-state index >= 15 is 0 Å². The molecule has 0 heterocycles. The van der Waals surface area contributed by atoms with Gasteiger partial charge in [-0.15, -0.1) is 0 Å². The zero-order chi connectivity index (χ0) is 36.0. The Morgan fingerprint density at radius 3 is 1.29 bits per heavy atom. The van der Waals surface area contributed by atoms with Crippen LogP contribution in [0.25, 0.3) is 0 Å². The first-order valence-corrected chi connectivity index (χ1v) is 21.2. The number of carbonyl (C=O) groups excluding carboxylic acids is 1. The number of rotatable bonds is 38. The zero-order valence-electron chi connectivity index (χ0n) is 32.4. The van der Waals surface area contributed by atoms with Crippen molar-refractivity contribution in [1.29, 1.82) is 0 Å². The van der Waals surface area contributed by atoms with Crippen molar-refractivity contribution in [1.82, 2.24) is 5.32 Å². The van der Waals surface area contributed by atoms with Gasteiger partial charge in [-0.1, -0.05) is 186 Å². The van der Waals surface area contributed by atoms with E-state index < -0.39 is 36.9 Å². The summed E-state index contributed by atoms with van der Waals surface area (Å²) in [4.78, 5) is 12.4. The lowest BCUT2D eigenvalue weighted by atomic mass is 10.00. The lowest BCUT2D eigenvalue weighted by Crippen LogP contribution is -2.53. The fourth-order valence-electron chi connectivity index (χ4n) is 6.48. The second kappa shape index (κ2) is 38.0. The van der Waals surface area contributed by atoms with Gasteiger partial charge in [0.05, 0.1) is 18.8 Å². The van der Waals surface area contributed by atoms with E-state index in [1.165, 1.54) is 141 Å². The standard InChI is InChI=1S/C43H83NO5/c1-3-5-7-9-11-13-15-16-17-18-19-20-21-22-23-24-25-26-27-29-30-32-34-36-40(46)42(48)39(38-45)44-43(49)41(47)37-35-33-31-28-14-12-10-8-6-4-2/h24-25,29-30,39-42,45-48H,3-23,26-28,31-38H2,1-2H3,(H,44,49)/b25-24+,30-29+. The van der Waals surface area contributed by atoms with Crippen LogP contribution in [-0.2, 0) is 4.79 Å². The van der Waals surface area contributed by atoms with Crippen molar-refractivity contribution in [2.75, 3.05) is 6.61 Å². The largest absolute Gasteiger partial charge is 0.394 e. The maximum absolute atomic E-state index is 12.4. The zero-order valence-corrected chi connectivity index (χ0v) is 32.4. The smallest absolute Gasteiger partial charge is 0.249 e. The van der Waals surface area contributed by atoms with Gasteiger partial charge in [0.2, 0.25) is 5.91 Å². The molecule has 49 heavy (non-hydrogen) atoms. The van der Waals surface area contributed by atoms with Crippen molar-refractivity contribution in [3.63, 3.8) is 0 Å². The molecular weight excluding hydrogens is 610 g/mol. The van der Waals surface area contributed by atoms with Gasteiger partial charge in [-0.05, 0) is 51.4 Å². The summed E-state index contributed by atoms with van der Waals surface area (Å²) >= 11 is 0. The number of carbonyl (C=O) groups is 1. The van der Waals surface area contributed by atoms with Crippen LogP contribution in [0.1, 0.15) is 213 Å². The molecular formula is C43H83NO5. The molecule has 0 rings (SSSR count). The van der Waals surface area contributed by atoms with Crippen LogP contribution in [0.5, 0.6) is 0 Å². The summed E-state index contributed by atoms with van der Waals surface area (Å²) < 4.78 is 0. The van der Waals surface area contributed by atoms with E-state index in [0.717, 1.165) is 38.5 Å². The highest BCUT2D eigenvalue weighted by Crippen LogP contribution is 2.15. The Kier molecular flexibility index (Phi) is 37.1. The van der Waals surface area contributed by atoms with Crippen LogP contribution in [-0.4, -0.2) is 57.3 Å². The molecule has 0 aromatic heterocycles. The Labute approximate surface area is 304 Å². The van der Waals surface area contributed by atoms with Crippen molar-refractivity contribution in [3.05, 3.63) is 24.3 Å². The molecule has 0 bridgehead atoms. The Hall–Kier alpha value is -1.21. The number of aliphatic hydroxyl groups is 4. The SMILES string of the molecule is CCCCCCCCCCCCCCCC/C=C/CC/C=C/CCCC(O)C(O)C(CO)NC(=O)C(O)CCCCCCCCCCCC. The Bertz CT molecular complexity index is 742. The maximum atomic E-state index is 12.4. The first kappa shape index (κ1) is 47.8. The fraction of sp³-hybridized carbons (Fsp3) is 0.884. The van der Waals surface area contributed by atoms with E-state index in [1.807, 2.05) is 0 Å². The van der Waals surface area contributed by atoms with Crippen molar-refractivity contribution in [2.24, 2.45) is 0 Å². The van der Waals surface area contributed by atoms with Crippen LogP contribution in [0.2, 0.25) is 0 Å². The summed E-state index contributed by atoms with van der Waals surface area (Å²) in [5.41, 5.74) is 0. The average Bonchev–Trinajstić information content (AvgIpc) is 3.11. The predicted molar refractivity (Wildman–Crippen MR) is 210 cm³/mol. The minimum Gasteiger partial charge on any atom is -0.394 e. The molecule has 1 amide bonds. The summed E-state index contributed by atoms with van der Waals surface area (Å²) in [5, 5.41) is 43.5. The van der Waals surface area contributed by atoms with Crippen molar-refractivity contribution in [3.8, 4) is 0 Å². The van der Waals surface area contributed by atoms with E-state index in [4.69, 9.17) is 0 Å². The van der Waals surface area contributed by atoms with Crippen LogP contribution in [0.4, 0.5) is 0 Å². The number of allylic oxidation sites excluding steroid dienone is 4. The van der Waals surface area contributed by atoms with Gasteiger partial charge in [-0.2, -0.15) is 0 Å². The van der Waals surface area contributed by atoms with E-state index in [-0.39, 0.29) is 0 Å². The Morgan fingerprint density at radius 1 is 0.490 bits per heavy atom. The average molecular weight is 694 g/mol. The molecule has 4 atom stereocenters. The fourth-order valence-corrected chi connectivity index (χ4v) is 6.48. The molecule has 0 aliphatic carbocycles. The van der Waals surface area contributed by atoms with Crippen molar-refractivity contribution >= 4 is 5.91 Å².